The Morgan fingerprint density at radius 3 is 2.48 bits per heavy atom. The van der Waals surface area contributed by atoms with Crippen molar-refractivity contribution in [2.24, 2.45) is 0 Å². The highest BCUT2D eigenvalue weighted by atomic mass is 19.1. The van der Waals surface area contributed by atoms with E-state index in [0.717, 1.165) is 11.6 Å². The van der Waals surface area contributed by atoms with Crippen molar-refractivity contribution >= 4 is 28.9 Å². The predicted octanol–water partition coefficient (Wildman–Crippen LogP) is 2.24. The molecule has 6 nitrogen and oxygen atoms in total. The highest BCUT2D eigenvalue weighted by molar-refractivity contribution is 5.98. The lowest BCUT2D eigenvalue weighted by molar-refractivity contribution is -0.117. The zero-order valence-corrected chi connectivity index (χ0v) is 12.9. The highest BCUT2D eigenvalue weighted by Crippen LogP contribution is 2.09. The molecule has 2 N–H and O–H groups in total. The summed E-state index contributed by atoms with van der Waals surface area (Å²) in [6.07, 6.45) is 4.19. The number of carbonyl (C=O) groups excluding carboxylic acids is 2. The maximum atomic E-state index is 13.5. The molecular formula is C18H13FN4O2. The van der Waals surface area contributed by atoms with Gasteiger partial charge in [-0.2, -0.15) is 0 Å². The summed E-state index contributed by atoms with van der Waals surface area (Å²) in [5, 5.41) is 0. The summed E-state index contributed by atoms with van der Waals surface area (Å²) in [7, 11) is 0. The summed E-state index contributed by atoms with van der Waals surface area (Å²) in [6, 6.07) is 12.8. The van der Waals surface area contributed by atoms with Crippen molar-refractivity contribution in [3.63, 3.8) is 0 Å². The Morgan fingerprint density at radius 1 is 0.960 bits per heavy atom. The maximum absolute atomic E-state index is 13.5. The smallest absolute Gasteiger partial charge is 0.268 e. The highest BCUT2D eigenvalue weighted by Gasteiger charge is 2.10. The average Bonchev–Trinajstić information content (AvgIpc) is 2.64. The first-order chi connectivity index (χ1) is 12.1. The second kappa shape index (κ2) is 7.31. The van der Waals surface area contributed by atoms with Crippen LogP contribution in [-0.4, -0.2) is 21.8 Å². The number of fused-ring (bicyclic) bond motifs is 1. The molecule has 0 spiro atoms. The van der Waals surface area contributed by atoms with Crippen molar-refractivity contribution in [2.75, 3.05) is 0 Å². The number of amides is 2. The fraction of sp³-hybridized carbons (Fsp3) is 0. The lowest BCUT2D eigenvalue weighted by atomic mass is 10.2. The van der Waals surface area contributed by atoms with Crippen LogP contribution in [0.1, 0.15) is 16.1 Å². The van der Waals surface area contributed by atoms with Gasteiger partial charge in [0.1, 0.15) is 5.82 Å². The Labute approximate surface area is 142 Å². The third-order valence-electron chi connectivity index (χ3n) is 3.29. The monoisotopic (exact) mass is 336 g/mol. The van der Waals surface area contributed by atoms with Crippen LogP contribution in [0.2, 0.25) is 0 Å². The molecule has 0 fully saturated rings. The van der Waals surface area contributed by atoms with Crippen molar-refractivity contribution in [2.45, 2.75) is 0 Å². The van der Waals surface area contributed by atoms with Gasteiger partial charge in [0.15, 0.2) is 0 Å². The van der Waals surface area contributed by atoms with Gasteiger partial charge in [0, 0.05) is 6.08 Å². The number of para-hydroxylation sites is 2. The Balaban J connectivity index is 1.60. The molecule has 3 aromatic rings. The lowest BCUT2D eigenvalue weighted by Gasteiger charge is -2.05. The first kappa shape index (κ1) is 16.3. The molecule has 7 heteroatoms. The van der Waals surface area contributed by atoms with Crippen molar-refractivity contribution < 1.29 is 14.0 Å². The second-order valence-electron chi connectivity index (χ2n) is 5.04. The van der Waals surface area contributed by atoms with Crippen LogP contribution in [0, 0.1) is 5.82 Å². The molecule has 1 heterocycles. The zero-order chi connectivity index (χ0) is 17.6. The van der Waals surface area contributed by atoms with Gasteiger partial charge in [0.2, 0.25) is 0 Å². The Hall–Kier alpha value is -3.61. The van der Waals surface area contributed by atoms with Crippen LogP contribution in [0.5, 0.6) is 0 Å². The minimum atomic E-state index is -0.745. The summed E-state index contributed by atoms with van der Waals surface area (Å²) < 4.78 is 13.5. The van der Waals surface area contributed by atoms with E-state index in [1.165, 1.54) is 36.5 Å². The van der Waals surface area contributed by atoms with Gasteiger partial charge < -0.3 is 0 Å². The van der Waals surface area contributed by atoms with Crippen molar-refractivity contribution in [1.82, 2.24) is 20.8 Å². The first-order valence-corrected chi connectivity index (χ1v) is 7.38. The number of benzene rings is 2. The van der Waals surface area contributed by atoms with E-state index in [1.807, 2.05) is 24.3 Å². The van der Waals surface area contributed by atoms with Gasteiger partial charge in [-0.3, -0.25) is 25.4 Å². The van der Waals surface area contributed by atoms with E-state index in [4.69, 9.17) is 0 Å². The largest absolute Gasteiger partial charge is 0.272 e. The standard InChI is InChI=1S/C18H13FN4O2/c19-14-6-2-1-5-13(14)18(25)23-22-17(24)10-9-12-11-20-15-7-3-4-8-16(15)21-12/h1-11H,(H,22,24)(H,23,25)/b10-9+. The Morgan fingerprint density at radius 2 is 1.68 bits per heavy atom. The number of rotatable bonds is 3. The minimum absolute atomic E-state index is 0.160. The topological polar surface area (TPSA) is 84.0 Å². The maximum Gasteiger partial charge on any atom is 0.272 e. The van der Waals surface area contributed by atoms with Crippen molar-refractivity contribution in [3.8, 4) is 0 Å². The molecule has 2 aromatic carbocycles. The number of carbonyl (C=O) groups is 2. The molecule has 0 radical (unpaired) electrons. The fourth-order valence-corrected chi connectivity index (χ4v) is 2.09. The third kappa shape index (κ3) is 4.03. The van der Waals surface area contributed by atoms with Crippen LogP contribution >= 0.6 is 0 Å². The fourth-order valence-electron chi connectivity index (χ4n) is 2.09. The van der Waals surface area contributed by atoms with Crippen LogP contribution in [0.15, 0.2) is 60.8 Å². The van der Waals surface area contributed by atoms with Crippen LogP contribution in [-0.2, 0) is 4.79 Å². The molecule has 2 amide bonds. The van der Waals surface area contributed by atoms with E-state index >= 15 is 0 Å². The third-order valence-corrected chi connectivity index (χ3v) is 3.29. The van der Waals surface area contributed by atoms with Crippen LogP contribution in [0.25, 0.3) is 17.1 Å². The molecule has 0 saturated heterocycles. The average molecular weight is 336 g/mol. The molecule has 0 bridgehead atoms. The normalized spacial score (nSPS) is 10.8. The van der Waals surface area contributed by atoms with E-state index in [1.54, 1.807) is 0 Å². The SMILES string of the molecule is O=C(/C=C/c1cnc2ccccc2n1)NNC(=O)c1ccccc1F. The first-order valence-electron chi connectivity index (χ1n) is 7.38. The molecule has 3 rings (SSSR count). The van der Waals surface area contributed by atoms with Gasteiger partial charge in [0.05, 0.1) is 28.5 Å². The summed E-state index contributed by atoms with van der Waals surface area (Å²) in [5.74, 6) is -2.00. The van der Waals surface area contributed by atoms with Gasteiger partial charge >= 0.3 is 0 Å². The lowest BCUT2D eigenvalue weighted by Crippen LogP contribution is -2.41. The van der Waals surface area contributed by atoms with E-state index in [9.17, 15) is 14.0 Å². The number of hydrogen-bond acceptors (Lipinski definition) is 4. The van der Waals surface area contributed by atoms with Gasteiger partial charge in [-0.1, -0.05) is 24.3 Å². The van der Waals surface area contributed by atoms with Crippen molar-refractivity contribution in [3.05, 3.63) is 77.9 Å². The Kier molecular flexibility index (Phi) is 4.75. The number of aromatic nitrogens is 2. The summed E-state index contributed by atoms with van der Waals surface area (Å²) in [5.41, 5.74) is 6.11. The van der Waals surface area contributed by atoms with Crippen LogP contribution in [0.3, 0.4) is 0 Å². The molecule has 0 saturated carbocycles. The molecule has 0 aliphatic carbocycles. The quantitative estimate of drug-likeness (QED) is 0.567. The molecule has 124 valence electrons. The second-order valence-corrected chi connectivity index (χ2v) is 5.04. The summed E-state index contributed by atoms with van der Waals surface area (Å²) >= 11 is 0. The van der Waals surface area contributed by atoms with Gasteiger partial charge in [-0.25, -0.2) is 9.37 Å². The molecule has 1 aromatic heterocycles. The van der Waals surface area contributed by atoms with E-state index < -0.39 is 17.6 Å². The molecule has 0 atom stereocenters. The number of hydrazine groups is 1. The van der Waals surface area contributed by atoms with E-state index in [-0.39, 0.29) is 5.56 Å². The van der Waals surface area contributed by atoms with Crippen LogP contribution < -0.4 is 10.9 Å². The van der Waals surface area contributed by atoms with E-state index in [2.05, 4.69) is 20.8 Å². The molecule has 0 aliphatic rings. The Bertz CT molecular complexity index is 972. The number of halogens is 1. The van der Waals surface area contributed by atoms with Gasteiger partial charge in [-0.05, 0) is 30.3 Å². The molecular weight excluding hydrogens is 323 g/mol. The zero-order valence-electron chi connectivity index (χ0n) is 12.9. The summed E-state index contributed by atoms with van der Waals surface area (Å²) in [4.78, 5) is 32.1. The van der Waals surface area contributed by atoms with Crippen molar-refractivity contribution in [1.29, 1.82) is 0 Å². The van der Waals surface area contributed by atoms with Gasteiger partial charge in [-0.15, -0.1) is 0 Å². The number of nitrogens with one attached hydrogen (secondary N) is 2. The molecule has 0 aliphatic heterocycles. The van der Waals surface area contributed by atoms with Crippen LogP contribution in [0.4, 0.5) is 4.39 Å². The minimum Gasteiger partial charge on any atom is -0.268 e. The van der Waals surface area contributed by atoms with Gasteiger partial charge in [0.25, 0.3) is 11.8 Å². The predicted molar refractivity (Wildman–Crippen MR) is 90.6 cm³/mol. The number of nitrogens with zero attached hydrogens (tertiary/aromatic N) is 2. The van der Waals surface area contributed by atoms with E-state index in [0.29, 0.717) is 11.2 Å². The molecule has 0 unspecified atom stereocenters. The summed E-state index contributed by atoms with van der Waals surface area (Å²) in [6.45, 7) is 0. The molecule has 25 heavy (non-hydrogen) atoms. The number of hydrogen-bond donors (Lipinski definition) is 2.